The van der Waals surface area contributed by atoms with Gasteiger partial charge in [0.1, 0.15) is 0 Å². The molecule has 3 heteroatoms. The standard InChI is InChI=1S/C15H27N3/c1-4-9-16-15-17-13(3)10-18(15)11-14-7-5-12(2)6-8-14/h10,12,14H,4-9,11H2,1-3H3,(H,16,17). The average molecular weight is 249 g/mol. The monoisotopic (exact) mass is 249 g/mol. The Labute approximate surface area is 111 Å². The summed E-state index contributed by atoms with van der Waals surface area (Å²) >= 11 is 0. The van der Waals surface area contributed by atoms with Crippen molar-refractivity contribution >= 4 is 5.95 Å². The van der Waals surface area contributed by atoms with Gasteiger partial charge in [0, 0.05) is 19.3 Å². The van der Waals surface area contributed by atoms with Crippen LogP contribution in [0.2, 0.25) is 0 Å². The smallest absolute Gasteiger partial charge is 0.203 e. The first-order valence-corrected chi connectivity index (χ1v) is 7.46. The number of hydrogen-bond donors (Lipinski definition) is 1. The molecular weight excluding hydrogens is 222 g/mol. The van der Waals surface area contributed by atoms with Gasteiger partial charge in [-0.15, -0.1) is 0 Å². The fourth-order valence-corrected chi connectivity index (χ4v) is 2.85. The van der Waals surface area contributed by atoms with Crippen LogP contribution >= 0.6 is 0 Å². The lowest BCUT2D eigenvalue weighted by molar-refractivity contribution is 0.265. The first kappa shape index (κ1) is 13.4. The van der Waals surface area contributed by atoms with Crippen molar-refractivity contribution in [2.75, 3.05) is 11.9 Å². The van der Waals surface area contributed by atoms with E-state index in [1.54, 1.807) is 0 Å². The van der Waals surface area contributed by atoms with Crippen LogP contribution in [0.25, 0.3) is 0 Å². The lowest BCUT2D eigenvalue weighted by atomic mass is 9.83. The summed E-state index contributed by atoms with van der Waals surface area (Å²) in [7, 11) is 0. The van der Waals surface area contributed by atoms with Gasteiger partial charge in [0.15, 0.2) is 0 Å². The van der Waals surface area contributed by atoms with Gasteiger partial charge in [0.05, 0.1) is 5.69 Å². The van der Waals surface area contributed by atoms with Crippen LogP contribution in [0.1, 0.15) is 51.6 Å². The van der Waals surface area contributed by atoms with Crippen molar-refractivity contribution in [1.82, 2.24) is 9.55 Å². The van der Waals surface area contributed by atoms with Crippen molar-refractivity contribution in [2.45, 2.75) is 59.4 Å². The second kappa shape index (κ2) is 6.26. The fraction of sp³-hybridized carbons (Fsp3) is 0.800. The Hall–Kier alpha value is -0.990. The first-order chi connectivity index (χ1) is 8.69. The summed E-state index contributed by atoms with van der Waals surface area (Å²) in [4.78, 5) is 4.58. The summed E-state index contributed by atoms with van der Waals surface area (Å²) in [5, 5.41) is 3.43. The van der Waals surface area contributed by atoms with Crippen molar-refractivity contribution in [3.8, 4) is 0 Å². The van der Waals surface area contributed by atoms with Gasteiger partial charge < -0.3 is 9.88 Å². The van der Waals surface area contributed by atoms with E-state index >= 15 is 0 Å². The van der Waals surface area contributed by atoms with Crippen LogP contribution in [0.15, 0.2) is 6.20 Å². The molecule has 1 fully saturated rings. The highest BCUT2D eigenvalue weighted by Crippen LogP contribution is 2.30. The van der Waals surface area contributed by atoms with Gasteiger partial charge >= 0.3 is 0 Å². The topological polar surface area (TPSA) is 29.9 Å². The highest BCUT2D eigenvalue weighted by atomic mass is 15.2. The van der Waals surface area contributed by atoms with Crippen LogP contribution in [0, 0.1) is 18.8 Å². The summed E-state index contributed by atoms with van der Waals surface area (Å²) in [6.45, 7) is 8.80. The van der Waals surface area contributed by atoms with Gasteiger partial charge in [-0.1, -0.05) is 26.7 Å². The van der Waals surface area contributed by atoms with Crippen LogP contribution in [-0.4, -0.2) is 16.1 Å². The minimum atomic E-state index is 0.844. The van der Waals surface area contributed by atoms with Gasteiger partial charge in [-0.25, -0.2) is 4.98 Å². The number of aryl methyl sites for hydroxylation is 1. The summed E-state index contributed by atoms with van der Waals surface area (Å²) in [5.41, 5.74) is 1.12. The molecule has 102 valence electrons. The number of aromatic nitrogens is 2. The van der Waals surface area contributed by atoms with E-state index in [0.29, 0.717) is 0 Å². The zero-order chi connectivity index (χ0) is 13.0. The van der Waals surface area contributed by atoms with E-state index in [9.17, 15) is 0 Å². The number of rotatable bonds is 5. The van der Waals surface area contributed by atoms with Crippen LogP contribution in [0.3, 0.4) is 0 Å². The van der Waals surface area contributed by atoms with Crippen molar-refractivity contribution < 1.29 is 0 Å². The van der Waals surface area contributed by atoms with E-state index in [0.717, 1.165) is 43.0 Å². The molecule has 0 atom stereocenters. The number of hydrogen-bond acceptors (Lipinski definition) is 2. The molecule has 0 spiro atoms. The normalized spacial score (nSPS) is 24.2. The van der Waals surface area contributed by atoms with Crippen LogP contribution < -0.4 is 5.32 Å². The Morgan fingerprint density at radius 1 is 1.33 bits per heavy atom. The van der Waals surface area contributed by atoms with E-state index in [1.807, 2.05) is 0 Å². The molecule has 1 aliphatic carbocycles. The molecule has 0 aliphatic heterocycles. The van der Waals surface area contributed by atoms with Crippen molar-refractivity contribution in [3.05, 3.63) is 11.9 Å². The SMILES string of the molecule is CCCNc1nc(C)cn1CC1CCC(C)CC1. The minimum absolute atomic E-state index is 0.844. The molecule has 0 saturated heterocycles. The largest absolute Gasteiger partial charge is 0.356 e. The molecular formula is C15H27N3. The Kier molecular flexibility index (Phi) is 4.67. The molecule has 1 aliphatic rings. The molecule has 1 aromatic heterocycles. The zero-order valence-electron chi connectivity index (χ0n) is 12.1. The van der Waals surface area contributed by atoms with Crippen molar-refractivity contribution in [1.29, 1.82) is 0 Å². The Bertz CT molecular complexity index is 362. The van der Waals surface area contributed by atoms with E-state index in [-0.39, 0.29) is 0 Å². The molecule has 0 radical (unpaired) electrons. The average Bonchev–Trinajstić information content (AvgIpc) is 2.70. The van der Waals surface area contributed by atoms with Gasteiger partial charge in [-0.05, 0) is 38.0 Å². The molecule has 2 rings (SSSR count). The Morgan fingerprint density at radius 3 is 2.72 bits per heavy atom. The van der Waals surface area contributed by atoms with E-state index < -0.39 is 0 Å². The summed E-state index contributed by atoms with van der Waals surface area (Å²) in [6.07, 6.45) is 8.90. The highest BCUT2D eigenvalue weighted by Gasteiger charge is 2.19. The molecule has 3 nitrogen and oxygen atoms in total. The quantitative estimate of drug-likeness (QED) is 0.859. The first-order valence-electron chi connectivity index (χ1n) is 7.46. The summed E-state index contributed by atoms with van der Waals surface area (Å²) < 4.78 is 2.33. The molecule has 0 unspecified atom stereocenters. The van der Waals surface area contributed by atoms with Crippen LogP contribution in [0.5, 0.6) is 0 Å². The zero-order valence-corrected chi connectivity index (χ0v) is 12.1. The molecule has 1 N–H and O–H groups in total. The molecule has 1 heterocycles. The third kappa shape index (κ3) is 3.50. The Balaban J connectivity index is 1.95. The maximum absolute atomic E-state index is 4.58. The molecule has 18 heavy (non-hydrogen) atoms. The number of imidazole rings is 1. The maximum Gasteiger partial charge on any atom is 0.203 e. The van der Waals surface area contributed by atoms with E-state index in [4.69, 9.17) is 0 Å². The van der Waals surface area contributed by atoms with E-state index in [1.165, 1.54) is 25.7 Å². The second-order valence-corrected chi connectivity index (χ2v) is 5.91. The third-order valence-electron chi connectivity index (χ3n) is 4.02. The van der Waals surface area contributed by atoms with Gasteiger partial charge in [0.2, 0.25) is 5.95 Å². The molecule has 0 amide bonds. The molecule has 0 aromatic carbocycles. The second-order valence-electron chi connectivity index (χ2n) is 5.91. The van der Waals surface area contributed by atoms with Crippen LogP contribution in [-0.2, 0) is 6.54 Å². The number of anilines is 1. The number of nitrogens with one attached hydrogen (secondary N) is 1. The Morgan fingerprint density at radius 2 is 2.06 bits per heavy atom. The van der Waals surface area contributed by atoms with Crippen LogP contribution in [0.4, 0.5) is 5.95 Å². The van der Waals surface area contributed by atoms with Gasteiger partial charge in [-0.3, -0.25) is 0 Å². The van der Waals surface area contributed by atoms with Crippen molar-refractivity contribution in [3.63, 3.8) is 0 Å². The van der Waals surface area contributed by atoms with Gasteiger partial charge in [-0.2, -0.15) is 0 Å². The lowest BCUT2D eigenvalue weighted by Crippen LogP contribution is -2.19. The minimum Gasteiger partial charge on any atom is -0.356 e. The molecule has 1 aromatic rings. The van der Waals surface area contributed by atoms with Gasteiger partial charge in [0.25, 0.3) is 0 Å². The van der Waals surface area contributed by atoms with E-state index in [2.05, 4.69) is 41.8 Å². The molecule has 0 bridgehead atoms. The molecule has 1 saturated carbocycles. The van der Waals surface area contributed by atoms with Crippen molar-refractivity contribution in [2.24, 2.45) is 11.8 Å². The predicted molar refractivity (Wildman–Crippen MR) is 76.9 cm³/mol. The third-order valence-corrected chi connectivity index (χ3v) is 4.02. The fourth-order valence-electron chi connectivity index (χ4n) is 2.85. The highest BCUT2D eigenvalue weighted by molar-refractivity contribution is 5.28. The summed E-state index contributed by atoms with van der Waals surface area (Å²) in [6, 6.07) is 0. The lowest BCUT2D eigenvalue weighted by Gasteiger charge is -2.26. The maximum atomic E-state index is 4.58. The predicted octanol–water partition coefficient (Wildman–Crippen LogP) is 3.84. The number of nitrogens with zero attached hydrogens (tertiary/aromatic N) is 2. The summed E-state index contributed by atoms with van der Waals surface area (Å²) in [5.74, 6) is 2.84.